The minimum atomic E-state index is -0.379. The van der Waals surface area contributed by atoms with E-state index in [1.165, 1.54) is 19.3 Å². The third-order valence-corrected chi connectivity index (χ3v) is 4.98. The predicted molar refractivity (Wildman–Crippen MR) is 85.0 cm³/mol. The van der Waals surface area contributed by atoms with Gasteiger partial charge in [-0.05, 0) is 19.3 Å². The van der Waals surface area contributed by atoms with Crippen molar-refractivity contribution >= 4 is 11.8 Å². The van der Waals surface area contributed by atoms with Crippen molar-refractivity contribution in [1.82, 2.24) is 15.2 Å². The van der Waals surface area contributed by atoms with Gasteiger partial charge < -0.3 is 14.6 Å². The molecule has 2 fully saturated rings. The van der Waals surface area contributed by atoms with Crippen molar-refractivity contribution in [2.45, 2.75) is 58.4 Å². The zero-order valence-corrected chi connectivity index (χ0v) is 13.9. The Balaban J connectivity index is 1.78. The van der Waals surface area contributed by atoms with Gasteiger partial charge in [-0.25, -0.2) is 4.98 Å². The monoisotopic (exact) mass is 319 g/mol. The first-order chi connectivity index (χ1) is 11.1. The second kappa shape index (κ2) is 6.72. The van der Waals surface area contributed by atoms with Crippen LogP contribution in [-0.4, -0.2) is 40.8 Å². The van der Waals surface area contributed by atoms with E-state index >= 15 is 0 Å². The summed E-state index contributed by atoms with van der Waals surface area (Å²) in [7, 11) is 0. The van der Waals surface area contributed by atoms with E-state index in [0.29, 0.717) is 36.4 Å². The number of amides is 2. The SMILES string of the molecule is Cc1nc(C(=O)N2CCNC(=O)[C@@H]2CC2CCCCC2)c(C)o1. The molecule has 1 N–H and O–H groups in total. The molecule has 1 saturated heterocycles. The molecule has 1 aromatic rings. The van der Waals surface area contributed by atoms with Gasteiger partial charge in [0.2, 0.25) is 5.91 Å². The van der Waals surface area contributed by atoms with E-state index in [1.807, 2.05) is 0 Å². The van der Waals surface area contributed by atoms with Gasteiger partial charge in [0.05, 0.1) is 0 Å². The van der Waals surface area contributed by atoms with Crippen molar-refractivity contribution in [3.63, 3.8) is 0 Å². The van der Waals surface area contributed by atoms with Gasteiger partial charge in [0, 0.05) is 20.0 Å². The molecular weight excluding hydrogens is 294 g/mol. The van der Waals surface area contributed by atoms with E-state index in [-0.39, 0.29) is 17.9 Å². The molecular formula is C17H25N3O3. The van der Waals surface area contributed by atoms with Crippen molar-refractivity contribution in [3.8, 4) is 0 Å². The molecule has 1 aromatic heterocycles. The highest BCUT2D eigenvalue weighted by molar-refractivity contribution is 5.97. The Morgan fingerprint density at radius 2 is 2.04 bits per heavy atom. The zero-order chi connectivity index (χ0) is 16.4. The number of hydrogen-bond acceptors (Lipinski definition) is 4. The first-order valence-electron chi connectivity index (χ1n) is 8.59. The van der Waals surface area contributed by atoms with Gasteiger partial charge in [0.1, 0.15) is 11.8 Å². The Morgan fingerprint density at radius 3 is 2.70 bits per heavy atom. The molecule has 2 amide bonds. The molecule has 6 heteroatoms. The van der Waals surface area contributed by atoms with Crippen LogP contribution in [0.2, 0.25) is 0 Å². The molecule has 0 radical (unpaired) electrons. The van der Waals surface area contributed by atoms with E-state index in [9.17, 15) is 9.59 Å². The van der Waals surface area contributed by atoms with Crippen LogP contribution in [0.1, 0.15) is 60.7 Å². The Kier molecular flexibility index (Phi) is 4.68. The van der Waals surface area contributed by atoms with Crippen LogP contribution in [0.15, 0.2) is 4.42 Å². The second-order valence-corrected chi connectivity index (χ2v) is 6.68. The minimum absolute atomic E-state index is 0.0342. The Morgan fingerprint density at radius 1 is 1.30 bits per heavy atom. The summed E-state index contributed by atoms with van der Waals surface area (Å²) in [6.45, 7) is 4.51. The molecule has 0 unspecified atom stereocenters. The predicted octanol–water partition coefficient (Wildman–Crippen LogP) is 2.20. The van der Waals surface area contributed by atoms with Gasteiger partial charge in [0.15, 0.2) is 11.6 Å². The molecule has 0 spiro atoms. The smallest absolute Gasteiger partial charge is 0.276 e. The fourth-order valence-electron chi connectivity index (χ4n) is 3.79. The number of nitrogens with one attached hydrogen (secondary N) is 1. The average Bonchev–Trinajstić information content (AvgIpc) is 2.88. The first-order valence-corrected chi connectivity index (χ1v) is 8.59. The lowest BCUT2D eigenvalue weighted by atomic mass is 9.84. The van der Waals surface area contributed by atoms with Crippen molar-refractivity contribution in [1.29, 1.82) is 0 Å². The summed E-state index contributed by atoms with van der Waals surface area (Å²) >= 11 is 0. The topological polar surface area (TPSA) is 75.4 Å². The second-order valence-electron chi connectivity index (χ2n) is 6.68. The van der Waals surface area contributed by atoms with E-state index in [4.69, 9.17) is 4.42 Å². The molecule has 2 aliphatic rings. The van der Waals surface area contributed by atoms with Crippen LogP contribution in [0.3, 0.4) is 0 Å². The number of rotatable bonds is 3. The van der Waals surface area contributed by atoms with Crippen molar-refractivity contribution < 1.29 is 14.0 Å². The van der Waals surface area contributed by atoms with E-state index in [1.54, 1.807) is 18.7 Å². The van der Waals surface area contributed by atoms with Gasteiger partial charge in [-0.1, -0.05) is 32.1 Å². The lowest BCUT2D eigenvalue weighted by Gasteiger charge is -2.37. The van der Waals surface area contributed by atoms with Crippen LogP contribution in [0.25, 0.3) is 0 Å². The quantitative estimate of drug-likeness (QED) is 0.927. The average molecular weight is 319 g/mol. The minimum Gasteiger partial charge on any atom is -0.445 e. The zero-order valence-electron chi connectivity index (χ0n) is 13.9. The number of oxazole rings is 1. The first kappa shape index (κ1) is 16.0. The molecule has 3 rings (SSSR count). The summed E-state index contributed by atoms with van der Waals surface area (Å²) in [6, 6.07) is -0.379. The third-order valence-electron chi connectivity index (χ3n) is 4.98. The molecule has 1 saturated carbocycles. The summed E-state index contributed by atoms with van der Waals surface area (Å²) < 4.78 is 5.38. The molecule has 2 heterocycles. The number of hydrogen-bond donors (Lipinski definition) is 1. The Labute approximate surface area is 136 Å². The van der Waals surface area contributed by atoms with Gasteiger partial charge >= 0.3 is 0 Å². The molecule has 1 atom stereocenters. The van der Waals surface area contributed by atoms with Gasteiger partial charge in [-0.2, -0.15) is 0 Å². The fraction of sp³-hybridized carbons (Fsp3) is 0.706. The Bertz CT molecular complexity index is 590. The fourth-order valence-corrected chi connectivity index (χ4v) is 3.79. The van der Waals surface area contributed by atoms with Gasteiger partial charge in [0.25, 0.3) is 5.91 Å². The van der Waals surface area contributed by atoms with Crippen LogP contribution in [0, 0.1) is 19.8 Å². The van der Waals surface area contributed by atoms with E-state index in [0.717, 1.165) is 19.3 Å². The number of carbonyl (C=O) groups is 2. The lowest BCUT2D eigenvalue weighted by molar-refractivity contribution is -0.128. The number of nitrogens with zero attached hydrogens (tertiary/aromatic N) is 2. The van der Waals surface area contributed by atoms with Crippen LogP contribution in [0.4, 0.5) is 0 Å². The van der Waals surface area contributed by atoms with E-state index in [2.05, 4.69) is 10.3 Å². The van der Waals surface area contributed by atoms with Crippen LogP contribution in [-0.2, 0) is 4.79 Å². The summed E-state index contributed by atoms with van der Waals surface area (Å²) in [4.78, 5) is 31.1. The highest BCUT2D eigenvalue weighted by atomic mass is 16.4. The number of aromatic nitrogens is 1. The lowest BCUT2D eigenvalue weighted by Crippen LogP contribution is -2.57. The highest BCUT2D eigenvalue weighted by Gasteiger charge is 2.37. The van der Waals surface area contributed by atoms with Crippen molar-refractivity contribution in [2.75, 3.05) is 13.1 Å². The maximum Gasteiger partial charge on any atom is 0.276 e. The number of piperazine rings is 1. The number of aryl methyl sites for hydroxylation is 2. The van der Waals surface area contributed by atoms with Gasteiger partial charge in [-0.15, -0.1) is 0 Å². The molecule has 126 valence electrons. The van der Waals surface area contributed by atoms with Crippen LogP contribution < -0.4 is 5.32 Å². The summed E-state index contributed by atoms with van der Waals surface area (Å²) in [5, 5.41) is 2.90. The largest absolute Gasteiger partial charge is 0.445 e. The highest BCUT2D eigenvalue weighted by Crippen LogP contribution is 2.29. The summed E-state index contributed by atoms with van der Waals surface area (Å²) in [5.41, 5.74) is 0.339. The number of carbonyl (C=O) groups excluding carboxylic acids is 2. The van der Waals surface area contributed by atoms with Crippen molar-refractivity contribution in [2.24, 2.45) is 5.92 Å². The molecule has 23 heavy (non-hydrogen) atoms. The molecule has 1 aliphatic heterocycles. The normalized spacial score (nSPS) is 23.0. The van der Waals surface area contributed by atoms with E-state index < -0.39 is 0 Å². The standard InChI is InChI=1S/C17H25N3O3/c1-11-15(19-12(2)23-11)17(22)20-9-8-18-16(21)14(20)10-13-6-4-3-5-7-13/h13-14H,3-10H2,1-2H3,(H,18,21)/t14-/m0/s1. The van der Waals surface area contributed by atoms with Crippen molar-refractivity contribution in [3.05, 3.63) is 17.3 Å². The molecule has 0 bridgehead atoms. The summed E-state index contributed by atoms with van der Waals surface area (Å²) in [5.74, 6) is 1.32. The third kappa shape index (κ3) is 3.41. The Hall–Kier alpha value is -1.85. The summed E-state index contributed by atoms with van der Waals surface area (Å²) in [6.07, 6.45) is 6.83. The molecule has 0 aromatic carbocycles. The van der Waals surface area contributed by atoms with Crippen LogP contribution in [0.5, 0.6) is 0 Å². The maximum atomic E-state index is 12.9. The van der Waals surface area contributed by atoms with Gasteiger partial charge in [-0.3, -0.25) is 9.59 Å². The maximum absolute atomic E-state index is 12.9. The molecule has 1 aliphatic carbocycles. The molecule has 6 nitrogen and oxygen atoms in total. The van der Waals surface area contributed by atoms with Crippen LogP contribution >= 0.6 is 0 Å².